The fourth-order valence-electron chi connectivity index (χ4n) is 6.67. The van der Waals surface area contributed by atoms with Crippen molar-refractivity contribution >= 4 is 35.4 Å². The molecule has 1 saturated heterocycles. The van der Waals surface area contributed by atoms with Gasteiger partial charge in [0.05, 0.1) is 6.04 Å². The molecule has 2 fully saturated rings. The number of carbonyl (C=O) groups excluding carboxylic acids is 6. The number of hydrogen-bond donors (Lipinski definition) is 4. The molecular formula is C33H53F3N6O6. The molecule has 1 heterocycles. The van der Waals surface area contributed by atoms with Crippen LogP contribution in [0.15, 0.2) is 12.7 Å². The summed E-state index contributed by atoms with van der Waals surface area (Å²) in [5.41, 5.74) is 3.56. The molecule has 15 heteroatoms. The molecule has 0 bridgehead atoms. The SMILES string of the molecule is C=CCN(C)C(=O)[C@H](CC(C)(C)C)NC(=O)N[C@H](C(=O)N1C[C@H]2C(CC2(C)C)[C@H]1C(=O)NC(CCC(F)(F)F)C(=O)C(N)=O)C(C)(C)C. The second-order valence-electron chi connectivity index (χ2n) is 16.1. The van der Waals surface area contributed by atoms with Crippen LogP contribution in [0.1, 0.15) is 81.1 Å². The Labute approximate surface area is 281 Å². The fourth-order valence-corrected chi connectivity index (χ4v) is 6.67. The van der Waals surface area contributed by atoms with Crippen molar-refractivity contribution in [1.82, 2.24) is 25.8 Å². The van der Waals surface area contributed by atoms with Gasteiger partial charge in [-0.25, -0.2) is 4.79 Å². The van der Waals surface area contributed by atoms with Gasteiger partial charge in [0, 0.05) is 26.6 Å². The summed E-state index contributed by atoms with van der Waals surface area (Å²) in [4.78, 5) is 81.5. The highest BCUT2D eigenvalue weighted by atomic mass is 19.4. The van der Waals surface area contributed by atoms with Gasteiger partial charge in [-0.15, -0.1) is 6.58 Å². The number of ketones is 1. The lowest BCUT2D eigenvalue weighted by Crippen LogP contribution is -2.62. The van der Waals surface area contributed by atoms with Crippen LogP contribution in [-0.4, -0.2) is 95.7 Å². The van der Waals surface area contributed by atoms with E-state index in [9.17, 15) is 41.9 Å². The highest BCUT2D eigenvalue weighted by Crippen LogP contribution is 2.57. The molecule has 12 nitrogen and oxygen atoms in total. The number of carbonyl (C=O) groups is 6. The number of halogens is 3. The second kappa shape index (κ2) is 14.9. The minimum Gasteiger partial charge on any atom is -0.363 e. The van der Waals surface area contributed by atoms with Gasteiger partial charge in [0.25, 0.3) is 5.91 Å². The summed E-state index contributed by atoms with van der Waals surface area (Å²) in [6, 6.07) is -5.91. The number of nitrogens with zero attached hydrogens (tertiary/aromatic N) is 2. The van der Waals surface area contributed by atoms with E-state index in [1.54, 1.807) is 33.9 Å². The maximum atomic E-state index is 14.3. The topological polar surface area (TPSA) is 171 Å². The molecule has 6 atom stereocenters. The monoisotopic (exact) mass is 686 g/mol. The molecule has 6 amide bonds. The standard InChI is InChI=1S/C33H53F3N6O6/c1-11-14-41(10)27(46)21(16-30(2,3)4)39-29(48)40-24(31(5,6)7)28(47)42-17-19-18(15-32(19,8)9)22(42)26(45)38-20(23(43)25(37)44)12-13-33(34,35)36/h11,18-22,24H,1,12-17H2,2-10H3,(H2,37,44)(H,38,45)(H2,39,40,48)/t18?,19-,20?,21-,22-,24+/m0/s1. The van der Waals surface area contributed by atoms with Gasteiger partial charge in [-0.1, -0.05) is 61.5 Å². The largest absolute Gasteiger partial charge is 0.389 e. The average molecular weight is 687 g/mol. The van der Waals surface area contributed by atoms with E-state index in [2.05, 4.69) is 22.5 Å². The number of primary amides is 1. The summed E-state index contributed by atoms with van der Waals surface area (Å²) in [7, 11) is 1.58. The van der Waals surface area contributed by atoms with Crippen molar-refractivity contribution in [3.63, 3.8) is 0 Å². The number of nitrogens with two attached hydrogens (primary N) is 1. The lowest BCUT2D eigenvalue weighted by molar-refractivity contribution is -0.147. The molecule has 2 aliphatic rings. The average Bonchev–Trinajstić information content (AvgIpc) is 3.25. The van der Waals surface area contributed by atoms with Crippen LogP contribution in [0.2, 0.25) is 0 Å². The normalized spacial score (nSPS) is 22.2. The van der Waals surface area contributed by atoms with E-state index in [0.717, 1.165) is 0 Å². The van der Waals surface area contributed by atoms with Crippen LogP contribution in [-0.2, 0) is 24.0 Å². The number of rotatable bonds is 13. The minimum atomic E-state index is -4.66. The van der Waals surface area contributed by atoms with Crippen LogP contribution in [0.5, 0.6) is 0 Å². The van der Waals surface area contributed by atoms with E-state index >= 15 is 0 Å². The predicted molar refractivity (Wildman–Crippen MR) is 173 cm³/mol. The molecule has 272 valence electrons. The Morgan fingerprint density at radius 1 is 1.00 bits per heavy atom. The first-order valence-corrected chi connectivity index (χ1v) is 16.1. The van der Waals surface area contributed by atoms with Gasteiger partial charge in [-0.05, 0) is 47.3 Å². The van der Waals surface area contributed by atoms with E-state index in [0.29, 0.717) is 12.8 Å². The zero-order valence-corrected chi connectivity index (χ0v) is 29.5. The molecule has 5 N–H and O–H groups in total. The smallest absolute Gasteiger partial charge is 0.363 e. The Morgan fingerprint density at radius 2 is 1.58 bits per heavy atom. The van der Waals surface area contributed by atoms with E-state index in [-0.39, 0.29) is 41.7 Å². The molecule has 48 heavy (non-hydrogen) atoms. The molecule has 1 saturated carbocycles. The highest BCUT2D eigenvalue weighted by Gasteiger charge is 2.61. The van der Waals surface area contributed by atoms with Crippen molar-refractivity contribution in [1.29, 1.82) is 0 Å². The second-order valence-corrected chi connectivity index (χ2v) is 16.1. The van der Waals surface area contributed by atoms with Gasteiger partial charge in [-0.2, -0.15) is 13.2 Å². The van der Waals surface area contributed by atoms with Crippen LogP contribution in [0.4, 0.5) is 18.0 Å². The number of alkyl halides is 3. The lowest BCUT2D eigenvalue weighted by atomic mass is 9.55. The third-order valence-electron chi connectivity index (χ3n) is 9.15. The van der Waals surface area contributed by atoms with Gasteiger partial charge in [0.15, 0.2) is 0 Å². The summed E-state index contributed by atoms with van der Waals surface area (Å²) in [5, 5.41) is 7.70. The van der Waals surface area contributed by atoms with Crippen molar-refractivity contribution in [3.05, 3.63) is 12.7 Å². The number of likely N-dealkylation sites (N-methyl/N-ethyl adjacent to an activating group) is 1. The van der Waals surface area contributed by atoms with Crippen molar-refractivity contribution in [2.24, 2.45) is 33.8 Å². The molecule has 2 rings (SSSR count). The summed E-state index contributed by atoms with van der Waals surface area (Å²) in [6.45, 7) is 18.9. The molecule has 1 aliphatic heterocycles. The zero-order valence-electron chi connectivity index (χ0n) is 29.5. The fraction of sp³-hybridized carbons (Fsp3) is 0.758. The Bertz CT molecular complexity index is 1270. The molecule has 2 unspecified atom stereocenters. The van der Waals surface area contributed by atoms with Gasteiger partial charge < -0.3 is 31.5 Å². The van der Waals surface area contributed by atoms with Crippen molar-refractivity contribution in [3.8, 4) is 0 Å². The van der Waals surface area contributed by atoms with Gasteiger partial charge in [0.2, 0.25) is 23.5 Å². The van der Waals surface area contributed by atoms with Crippen LogP contribution in [0.25, 0.3) is 0 Å². The summed E-state index contributed by atoms with van der Waals surface area (Å²) in [6.07, 6.45) is -4.65. The van der Waals surface area contributed by atoms with Crippen LogP contribution in [0, 0.1) is 28.1 Å². The lowest BCUT2D eigenvalue weighted by Gasteiger charge is -2.48. The van der Waals surface area contributed by atoms with Crippen molar-refractivity contribution < 1.29 is 41.9 Å². The minimum absolute atomic E-state index is 0.124. The number of likely N-dealkylation sites (tertiary alicyclic amines) is 1. The van der Waals surface area contributed by atoms with Crippen molar-refractivity contribution in [2.45, 2.75) is 111 Å². The van der Waals surface area contributed by atoms with E-state index in [1.807, 2.05) is 34.6 Å². The first kappa shape index (κ1) is 40.5. The highest BCUT2D eigenvalue weighted by molar-refractivity contribution is 6.37. The molecule has 0 spiro atoms. The van der Waals surface area contributed by atoms with E-state index in [4.69, 9.17) is 5.73 Å². The van der Waals surface area contributed by atoms with E-state index in [1.165, 1.54) is 9.80 Å². The molecule has 0 aromatic carbocycles. The first-order valence-electron chi connectivity index (χ1n) is 16.1. The van der Waals surface area contributed by atoms with Gasteiger partial charge in [-0.3, -0.25) is 24.0 Å². The molecule has 0 aromatic heterocycles. The molecular weight excluding hydrogens is 633 g/mol. The van der Waals surface area contributed by atoms with Crippen LogP contribution >= 0.6 is 0 Å². The maximum absolute atomic E-state index is 14.3. The number of nitrogens with one attached hydrogen (secondary N) is 3. The number of urea groups is 1. The number of hydrogen-bond acceptors (Lipinski definition) is 6. The number of fused-ring (bicyclic) bond motifs is 1. The first-order chi connectivity index (χ1) is 21.7. The summed E-state index contributed by atoms with van der Waals surface area (Å²) >= 11 is 0. The Kier molecular flexibility index (Phi) is 12.5. The third kappa shape index (κ3) is 10.4. The van der Waals surface area contributed by atoms with Gasteiger partial charge in [0.1, 0.15) is 18.1 Å². The number of amides is 6. The quantitative estimate of drug-likeness (QED) is 0.172. The molecule has 0 aromatic rings. The molecule has 0 radical (unpaired) electrons. The van der Waals surface area contributed by atoms with Gasteiger partial charge >= 0.3 is 12.2 Å². The number of Topliss-reactive ketones (excluding diaryl/α,β-unsaturated/α-hetero) is 1. The predicted octanol–water partition coefficient (Wildman–Crippen LogP) is 2.90. The summed E-state index contributed by atoms with van der Waals surface area (Å²) < 4.78 is 39.1. The van der Waals surface area contributed by atoms with E-state index < -0.39 is 78.1 Å². The third-order valence-corrected chi connectivity index (χ3v) is 9.15. The Balaban J connectivity index is 2.40. The van der Waals surface area contributed by atoms with Crippen molar-refractivity contribution in [2.75, 3.05) is 20.1 Å². The maximum Gasteiger partial charge on any atom is 0.389 e. The molecule has 1 aliphatic carbocycles. The summed E-state index contributed by atoms with van der Waals surface area (Å²) in [5.74, 6) is -5.24. The van der Waals surface area contributed by atoms with Crippen LogP contribution < -0.4 is 21.7 Å². The Morgan fingerprint density at radius 3 is 2.04 bits per heavy atom. The zero-order chi connectivity index (χ0) is 37.2. The Hall–Kier alpha value is -3.65. The van der Waals surface area contributed by atoms with Crippen LogP contribution in [0.3, 0.4) is 0 Å².